The summed E-state index contributed by atoms with van der Waals surface area (Å²) < 4.78 is 4.84. The number of anilines is 1. The van der Waals surface area contributed by atoms with Crippen LogP contribution in [0.5, 0.6) is 0 Å². The van der Waals surface area contributed by atoms with Crippen LogP contribution >= 0.6 is 11.6 Å². The van der Waals surface area contributed by atoms with E-state index < -0.39 is 0 Å². The van der Waals surface area contributed by atoms with Crippen LogP contribution in [0.15, 0.2) is 48.7 Å². The molecule has 0 saturated carbocycles. The van der Waals surface area contributed by atoms with Crippen molar-refractivity contribution in [3.63, 3.8) is 0 Å². The van der Waals surface area contributed by atoms with E-state index >= 15 is 0 Å². The summed E-state index contributed by atoms with van der Waals surface area (Å²) in [4.78, 5) is 18.7. The summed E-state index contributed by atoms with van der Waals surface area (Å²) in [5.74, 6) is -0.300. The van der Waals surface area contributed by atoms with Gasteiger partial charge in [0.15, 0.2) is 0 Å². The number of carbonyl (C=O) groups is 1. The Morgan fingerprint density at radius 3 is 3.00 bits per heavy atom. The number of carbonyl (C=O) groups excluding carboxylic acids is 1. The average Bonchev–Trinajstić information content (AvgIpc) is 2.69. The Kier molecular flexibility index (Phi) is 4.51. The predicted molar refractivity (Wildman–Crippen MR) is 104 cm³/mol. The van der Waals surface area contributed by atoms with Gasteiger partial charge in [-0.15, -0.1) is 0 Å². The Bertz CT molecular complexity index is 987. The number of halogens is 1. The molecule has 1 aliphatic rings. The van der Waals surface area contributed by atoms with Gasteiger partial charge >= 0.3 is 5.97 Å². The number of rotatable bonds is 3. The minimum Gasteiger partial charge on any atom is -0.465 e. The van der Waals surface area contributed by atoms with Gasteiger partial charge in [-0.25, -0.2) is 4.79 Å². The standard InChI is InChI=1S/C21H19ClN2O2/c1-26-21(25)16-7-9-19-15(12-16)5-3-11-24(19)13-17-18(22)8-6-14-4-2-10-23-20(14)17/h2,4,6-10,12H,3,5,11,13H2,1H3. The summed E-state index contributed by atoms with van der Waals surface area (Å²) in [5.41, 5.74) is 4.89. The van der Waals surface area contributed by atoms with E-state index in [1.54, 1.807) is 6.20 Å². The Morgan fingerprint density at radius 1 is 1.27 bits per heavy atom. The first-order chi connectivity index (χ1) is 12.7. The number of nitrogens with zero attached hydrogens (tertiary/aromatic N) is 2. The lowest BCUT2D eigenvalue weighted by Crippen LogP contribution is -2.29. The lowest BCUT2D eigenvalue weighted by molar-refractivity contribution is 0.0600. The van der Waals surface area contributed by atoms with Crippen molar-refractivity contribution in [1.82, 2.24) is 4.98 Å². The second kappa shape index (κ2) is 6.96. The second-order valence-electron chi connectivity index (χ2n) is 6.46. The monoisotopic (exact) mass is 366 g/mol. The lowest BCUT2D eigenvalue weighted by Gasteiger charge is -2.32. The van der Waals surface area contributed by atoms with E-state index in [1.165, 1.54) is 12.7 Å². The van der Waals surface area contributed by atoms with E-state index in [-0.39, 0.29) is 5.97 Å². The first kappa shape index (κ1) is 16.9. The minimum atomic E-state index is -0.300. The summed E-state index contributed by atoms with van der Waals surface area (Å²) in [6.45, 7) is 1.64. The van der Waals surface area contributed by atoms with E-state index in [4.69, 9.17) is 16.3 Å². The molecule has 0 amide bonds. The van der Waals surface area contributed by atoms with Gasteiger partial charge in [0, 0.05) is 40.9 Å². The molecule has 0 atom stereocenters. The van der Waals surface area contributed by atoms with Crippen molar-refractivity contribution < 1.29 is 9.53 Å². The fraction of sp³-hybridized carbons (Fsp3) is 0.238. The van der Waals surface area contributed by atoms with E-state index in [9.17, 15) is 4.79 Å². The molecule has 0 aliphatic carbocycles. The fourth-order valence-corrected chi connectivity index (χ4v) is 3.82. The fourth-order valence-electron chi connectivity index (χ4n) is 3.61. The molecule has 2 aromatic carbocycles. The molecule has 26 heavy (non-hydrogen) atoms. The average molecular weight is 367 g/mol. The van der Waals surface area contributed by atoms with Crippen molar-refractivity contribution in [2.45, 2.75) is 19.4 Å². The highest BCUT2D eigenvalue weighted by Gasteiger charge is 2.21. The molecular formula is C21H19ClN2O2. The largest absolute Gasteiger partial charge is 0.465 e. The van der Waals surface area contributed by atoms with Crippen molar-refractivity contribution in [2.24, 2.45) is 0 Å². The molecule has 3 aromatic rings. The highest BCUT2D eigenvalue weighted by molar-refractivity contribution is 6.32. The van der Waals surface area contributed by atoms with Crippen LogP contribution in [-0.4, -0.2) is 24.6 Å². The third-order valence-corrected chi connectivity index (χ3v) is 5.24. The third kappa shape index (κ3) is 3.01. The van der Waals surface area contributed by atoms with Crippen molar-refractivity contribution in [3.8, 4) is 0 Å². The van der Waals surface area contributed by atoms with Gasteiger partial charge in [-0.2, -0.15) is 0 Å². The molecule has 5 heteroatoms. The number of benzene rings is 2. The van der Waals surface area contributed by atoms with Gasteiger partial charge in [0.05, 0.1) is 18.2 Å². The lowest BCUT2D eigenvalue weighted by atomic mass is 9.98. The molecule has 0 N–H and O–H groups in total. The zero-order valence-corrected chi connectivity index (χ0v) is 15.3. The van der Waals surface area contributed by atoms with Crippen LogP contribution < -0.4 is 4.90 Å². The SMILES string of the molecule is COC(=O)c1ccc2c(c1)CCCN2Cc1c(Cl)ccc2cccnc12. The number of hydrogen-bond acceptors (Lipinski definition) is 4. The summed E-state index contributed by atoms with van der Waals surface area (Å²) in [6, 6.07) is 13.7. The molecule has 0 fully saturated rings. The van der Waals surface area contributed by atoms with Gasteiger partial charge in [-0.3, -0.25) is 4.98 Å². The highest BCUT2D eigenvalue weighted by Crippen LogP contribution is 2.32. The normalized spacial score (nSPS) is 13.5. The second-order valence-corrected chi connectivity index (χ2v) is 6.87. The third-order valence-electron chi connectivity index (χ3n) is 4.89. The Hall–Kier alpha value is -2.59. The quantitative estimate of drug-likeness (QED) is 0.634. The number of esters is 1. The van der Waals surface area contributed by atoms with Crippen molar-refractivity contribution >= 4 is 34.2 Å². The molecule has 0 radical (unpaired) electrons. The van der Waals surface area contributed by atoms with Crippen LogP contribution in [0.25, 0.3) is 10.9 Å². The van der Waals surface area contributed by atoms with Crippen LogP contribution in [0, 0.1) is 0 Å². The molecular weight excluding hydrogens is 348 g/mol. The topological polar surface area (TPSA) is 42.4 Å². The maximum Gasteiger partial charge on any atom is 0.337 e. The number of hydrogen-bond donors (Lipinski definition) is 0. The first-order valence-electron chi connectivity index (χ1n) is 8.65. The van der Waals surface area contributed by atoms with E-state index in [2.05, 4.69) is 16.0 Å². The number of ether oxygens (including phenoxy) is 1. The molecule has 0 bridgehead atoms. The Labute approximate surface area is 157 Å². The maximum absolute atomic E-state index is 11.8. The summed E-state index contributed by atoms with van der Waals surface area (Å²) in [5, 5.41) is 1.82. The van der Waals surface area contributed by atoms with Gasteiger partial charge in [-0.1, -0.05) is 23.7 Å². The number of aryl methyl sites for hydroxylation is 1. The molecule has 1 aliphatic heterocycles. The van der Waals surface area contributed by atoms with Crippen molar-refractivity contribution in [1.29, 1.82) is 0 Å². The number of aromatic nitrogens is 1. The molecule has 2 heterocycles. The van der Waals surface area contributed by atoms with E-state index in [0.29, 0.717) is 12.1 Å². The van der Waals surface area contributed by atoms with E-state index in [0.717, 1.165) is 46.6 Å². The Balaban J connectivity index is 1.72. The van der Waals surface area contributed by atoms with Gasteiger partial charge in [-0.05, 0) is 48.7 Å². The molecule has 1 aromatic heterocycles. The van der Waals surface area contributed by atoms with Crippen LogP contribution in [0.3, 0.4) is 0 Å². The van der Waals surface area contributed by atoms with Gasteiger partial charge in [0.25, 0.3) is 0 Å². The van der Waals surface area contributed by atoms with E-state index in [1.807, 2.05) is 36.4 Å². The molecule has 0 spiro atoms. The van der Waals surface area contributed by atoms with Crippen LogP contribution in [0.4, 0.5) is 5.69 Å². The first-order valence-corrected chi connectivity index (χ1v) is 9.03. The summed E-state index contributed by atoms with van der Waals surface area (Å²) >= 11 is 6.51. The smallest absolute Gasteiger partial charge is 0.337 e. The van der Waals surface area contributed by atoms with Crippen molar-refractivity contribution in [2.75, 3.05) is 18.6 Å². The highest BCUT2D eigenvalue weighted by atomic mass is 35.5. The minimum absolute atomic E-state index is 0.300. The molecule has 0 saturated heterocycles. The maximum atomic E-state index is 11.8. The molecule has 0 unspecified atom stereocenters. The summed E-state index contributed by atoms with van der Waals surface area (Å²) in [7, 11) is 1.41. The summed E-state index contributed by atoms with van der Waals surface area (Å²) in [6.07, 6.45) is 3.79. The predicted octanol–water partition coefficient (Wildman–Crippen LogP) is 4.63. The molecule has 4 rings (SSSR count). The Morgan fingerprint density at radius 2 is 2.15 bits per heavy atom. The molecule has 4 nitrogen and oxygen atoms in total. The number of fused-ring (bicyclic) bond motifs is 2. The zero-order chi connectivity index (χ0) is 18.1. The van der Waals surface area contributed by atoms with Gasteiger partial charge < -0.3 is 9.64 Å². The number of pyridine rings is 1. The zero-order valence-electron chi connectivity index (χ0n) is 14.5. The van der Waals surface area contributed by atoms with Crippen LogP contribution in [-0.2, 0) is 17.7 Å². The van der Waals surface area contributed by atoms with Crippen LogP contribution in [0.2, 0.25) is 5.02 Å². The van der Waals surface area contributed by atoms with Crippen LogP contribution in [0.1, 0.15) is 27.9 Å². The van der Waals surface area contributed by atoms with Crippen molar-refractivity contribution in [3.05, 3.63) is 70.4 Å². The van der Waals surface area contributed by atoms with Gasteiger partial charge in [0.1, 0.15) is 0 Å². The number of methoxy groups -OCH3 is 1. The van der Waals surface area contributed by atoms with Gasteiger partial charge in [0.2, 0.25) is 0 Å². The molecule has 132 valence electrons.